The fourth-order valence-corrected chi connectivity index (χ4v) is 5.14. The summed E-state index contributed by atoms with van der Waals surface area (Å²) in [6.07, 6.45) is 7.14. The van der Waals surface area contributed by atoms with E-state index in [4.69, 9.17) is 0 Å². The number of hydrogen-bond donors (Lipinski definition) is 1. The Labute approximate surface area is 121 Å². The first-order chi connectivity index (χ1) is 9.33. The standard InChI is InChI=1S/C17H25NS/c1-2-18-13-17(9-5-6-10-17)11-14-12-19-16-8-4-3-7-15(14)16/h3-4,7-8,14,18H,2,5-6,9-13H2,1H3. The van der Waals surface area contributed by atoms with E-state index in [2.05, 4.69) is 48.3 Å². The molecular weight excluding hydrogens is 250 g/mol. The molecule has 0 bridgehead atoms. The van der Waals surface area contributed by atoms with Crippen molar-refractivity contribution in [1.82, 2.24) is 5.32 Å². The number of benzene rings is 1. The van der Waals surface area contributed by atoms with E-state index in [0.29, 0.717) is 5.41 Å². The van der Waals surface area contributed by atoms with E-state index in [0.717, 1.165) is 12.5 Å². The smallest absolute Gasteiger partial charge is 0.0107 e. The number of fused-ring (bicyclic) bond motifs is 1. The molecule has 1 N–H and O–H groups in total. The third-order valence-corrected chi connectivity index (χ3v) is 6.14. The second-order valence-electron chi connectivity index (χ2n) is 6.24. The van der Waals surface area contributed by atoms with E-state index < -0.39 is 0 Å². The summed E-state index contributed by atoms with van der Waals surface area (Å²) in [5.74, 6) is 2.09. The van der Waals surface area contributed by atoms with Gasteiger partial charge in [-0.3, -0.25) is 0 Å². The minimum atomic E-state index is 0.582. The molecule has 2 aliphatic rings. The summed E-state index contributed by atoms with van der Waals surface area (Å²) in [5, 5.41) is 3.62. The highest BCUT2D eigenvalue weighted by atomic mass is 32.2. The van der Waals surface area contributed by atoms with Crippen LogP contribution in [0.2, 0.25) is 0 Å². The molecule has 104 valence electrons. The van der Waals surface area contributed by atoms with Gasteiger partial charge in [-0.1, -0.05) is 38.0 Å². The van der Waals surface area contributed by atoms with Gasteiger partial charge in [0.15, 0.2) is 0 Å². The molecule has 1 atom stereocenters. The van der Waals surface area contributed by atoms with Gasteiger partial charge in [-0.15, -0.1) is 11.8 Å². The molecule has 1 aromatic rings. The molecule has 1 aliphatic heterocycles. The molecule has 0 saturated heterocycles. The monoisotopic (exact) mass is 275 g/mol. The van der Waals surface area contributed by atoms with Crippen LogP contribution < -0.4 is 5.32 Å². The fraction of sp³-hybridized carbons (Fsp3) is 0.647. The van der Waals surface area contributed by atoms with Crippen LogP contribution in [0.15, 0.2) is 29.2 Å². The molecule has 0 amide bonds. The second-order valence-corrected chi connectivity index (χ2v) is 7.30. The molecule has 3 rings (SSSR count). The fourth-order valence-electron chi connectivity index (χ4n) is 3.89. The van der Waals surface area contributed by atoms with Crippen LogP contribution in [0.4, 0.5) is 0 Å². The largest absolute Gasteiger partial charge is 0.316 e. The molecule has 1 aliphatic carbocycles. The molecule has 0 aromatic heterocycles. The zero-order valence-electron chi connectivity index (χ0n) is 12.0. The second kappa shape index (κ2) is 5.88. The van der Waals surface area contributed by atoms with Crippen molar-refractivity contribution in [3.05, 3.63) is 29.8 Å². The first-order valence-corrected chi connectivity index (χ1v) is 8.74. The van der Waals surface area contributed by atoms with Crippen LogP contribution in [0.1, 0.15) is 50.5 Å². The predicted octanol–water partition coefficient (Wildman–Crippen LogP) is 4.44. The predicted molar refractivity (Wildman–Crippen MR) is 84.0 cm³/mol. The zero-order chi connectivity index (χ0) is 13.1. The summed E-state index contributed by atoms with van der Waals surface area (Å²) in [4.78, 5) is 1.53. The number of thioether (sulfide) groups is 1. The van der Waals surface area contributed by atoms with Crippen LogP contribution in [-0.2, 0) is 0 Å². The van der Waals surface area contributed by atoms with E-state index in [1.54, 1.807) is 5.56 Å². The van der Waals surface area contributed by atoms with Gasteiger partial charge in [-0.25, -0.2) is 0 Å². The molecule has 1 unspecified atom stereocenters. The van der Waals surface area contributed by atoms with Crippen molar-refractivity contribution in [2.75, 3.05) is 18.8 Å². The van der Waals surface area contributed by atoms with E-state index in [1.807, 2.05) is 0 Å². The van der Waals surface area contributed by atoms with Crippen LogP contribution >= 0.6 is 11.8 Å². The van der Waals surface area contributed by atoms with Gasteiger partial charge >= 0.3 is 0 Å². The molecule has 0 spiro atoms. The maximum absolute atomic E-state index is 3.62. The van der Waals surface area contributed by atoms with Crippen LogP contribution in [0.25, 0.3) is 0 Å². The van der Waals surface area contributed by atoms with Crippen LogP contribution in [0, 0.1) is 5.41 Å². The van der Waals surface area contributed by atoms with Gasteiger partial charge in [0.05, 0.1) is 0 Å². The molecular formula is C17H25NS. The van der Waals surface area contributed by atoms with Crippen molar-refractivity contribution in [3.8, 4) is 0 Å². The maximum atomic E-state index is 3.62. The first-order valence-electron chi connectivity index (χ1n) is 7.75. The average Bonchev–Trinajstić information content (AvgIpc) is 3.06. The highest BCUT2D eigenvalue weighted by Crippen LogP contribution is 2.49. The Hall–Kier alpha value is -0.470. The summed E-state index contributed by atoms with van der Waals surface area (Å²) >= 11 is 2.06. The Morgan fingerprint density at radius 2 is 2.05 bits per heavy atom. The van der Waals surface area contributed by atoms with Crippen molar-refractivity contribution >= 4 is 11.8 Å². The third kappa shape index (κ3) is 2.85. The highest BCUT2D eigenvalue weighted by molar-refractivity contribution is 7.99. The molecule has 0 radical (unpaired) electrons. The minimum Gasteiger partial charge on any atom is -0.316 e. The number of nitrogens with one attached hydrogen (secondary N) is 1. The summed E-state index contributed by atoms with van der Waals surface area (Å²) in [6, 6.07) is 9.04. The van der Waals surface area contributed by atoms with E-state index in [-0.39, 0.29) is 0 Å². The lowest BCUT2D eigenvalue weighted by Gasteiger charge is -2.32. The Morgan fingerprint density at radius 3 is 2.84 bits per heavy atom. The van der Waals surface area contributed by atoms with Crippen LogP contribution in [0.3, 0.4) is 0 Å². The van der Waals surface area contributed by atoms with E-state index >= 15 is 0 Å². The van der Waals surface area contributed by atoms with Crippen LogP contribution in [-0.4, -0.2) is 18.8 Å². The van der Waals surface area contributed by atoms with Gasteiger partial charge in [-0.2, -0.15) is 0 Å². The number of rotatable bonds is 5. The Bertz CT molecular complexity index is 423. The van der Waals surface area contributed by atoms with Gasteiger partial charge < -0.3 is 5.32 Å². The topological polar surface area (TPSA) is 12.0 Å². The molecule has 1 saturated carbocycles. The van der Waals surface area contributed by atoms with Crippen molar-refractivity contribution < 1.29 is 0 Å². The first kappa shape index (κ1) is 13.5. The molecule has 19 heavy (non-hydrogen) atoms. The maximum Gasteiger partial charge on any atom is 0.0107 e. The van der Waals surface area contributed by atoms with Crippen molar-refractivity contribution in [2.45, 2.75) is 49.8 Å². The molecule has 1 fully saturated rings. The normalized spacial score (nSPS) is 24.6. The van der Waals surface area contributed by atoms with E-state index in [1.165, 1.54) is 49.3 Å². The van der Waals surface area contributed by atoms with Gasteiger partial charge in [0.25, 0.3) is 0 Å². The van der Waals surface area contributed by atoms with Crippen molar-refractivity contribution in [3.63, 3.8) is 0 Å². The summed E-state index contributed by atoms with van der Waals surface area (Å²) in [7, 11) is 0. The van der Waals surface area contributed by atoms with Gasteiger partial charge in [0, 0.05) is 17.2 Å². The average molecular weight is 275 g/mol. The summed E-state index contributed by atoms with van der Waals surface area (Å²) < 4.78 is 0. The number of hydrogen-bond acceptors (Lipinski definition) is 2. The molecule has 1 nitrogen and oxygen atoms in total. The SMILES string of the molecule is CCNCC1(CC2CSc3ccccc32)CCCC1. The summed E-state index contributed by atoms with van der Waals surface area (Å²) in [5.41, 5.74) is 2.20. The van der Waals surface area contributed by atoms with Crippen LogP contribution in [0.5, 0.6) is 0 Å². The van der Waals surface area contributed by atoms with Crippen molar-refractivity contribution in [1.29, 1.82) is 0 Å². The van der Waals surface area contributed by atoms with Gasteiger partial charge in [-0.05, 0) is 48.8 Å². The Kier molecular flexibility index (Phi) is 4.18. The van der Waals surface area contributed by atoms with Crippen molar-refractivity contribution in [2.24, 2.45) is 5.41 Å². The zero-order valence-corrected chi connectivity index (χ0v) is 12.8. The lowest BCUT2D eigenvalue weighted by atomic mass is 9.76. The highest BCUT2D eigenvalue weighted by Gasteiger charge is 2.37. The Balaban J connectivity index is 1.73. The van der Waals surface area contributed by atoms with Gasteiger partial charge in [0.2, 0.25) is 0 Å². The van der Waals surface area contributed by atoms with Gasteiger partial charge in [0.1, 0.15) is 0 Å². The molecule has 1 heterocycles. The summed E-state index contributed by atoms with van der Waals surface area (Å²) in [6.45, 7) is 4.56. The molecule has 1 aromatic carbocycles. The third-order valence-electron chi connectivity index (χ3n) is 4.89. The minimum absolute atomic E-state index is 0.582. The molecule has 2 heteroatoms. The quantitative estimate of drug-likeness (QED) is 0.853. The van der Waals surface area contributed by atoms with E-state index in [9.17, 15) is 0 Å². The Morgan fingerprint density at radius 1 is 1.26 bits per heavy atom. The lowest BCUT2D eigenvalue weighted by molar-refractivity contribution is 0.244. The lowest BCUT2D eigenvalue weighted by Crippen LogP contribution is -2.33.